The van der Waals surface area contributed by atoms with E-state index in [0.717, 1.165) is 23.4 Å². The lowest BCUT2D eigenvalue weighted by molar-refractivity contribution is 0.0745. The Labute approximate surface area is 138 Å². The maximum absolute atomic E-state index is 12.8. The average molecular weight is 329 g/mol. The second-order valence-electron chi connectivity index (χ2n) is 6.27. The summed E-state index contributed by atoms with van der Waals surface area (Å²) in [6.45, 7) is 1.85. The molecule has 2 aromatic rings. The Kier molecular flexibility index (Phi) is 3.99. The number of likely N-dealkylation sites (tertiary alicyclic amines) is 1. The number of fused-ring (bicyclic) bond motifs is 1. The molecule has 1 fully saturated rings. The van der Waals surface area contributed by atoms with Gasteiger partial charge in [-0.25, -0.2) is 0 Å². The van der Waals surface area contributed by atoms with E-state index in [2.05, 4.69) is 20.2 Å². The first-order chi connectivity index (χ1) is 11.7. The SMILES string of the molecule is O=C(c1n[nH]c2c1COCC2)N1C[C@@H](Cc2cnccn2)[C@H](O)C1. The number of nitrogens with one attached hydrogen (secondary N) is 1. The van der Waals surface area contributed by atoms with Crippen LogP contribution in [0.5, 0.6) is 0 Å². The van der Waals surface area contributed by atoms with Crippen molar-refractivity contribution in [2.24, 2.45) is 5.92 Å². The van der Waals surface area contributed by atoms with Gasteiger partial charge in [0.25, 0.3) is 5.91 Å². The summed E-state index contributed by atoms with van der Waals surface area (Å²) in [5, 5.41) is 17.4. The molecule has 2 atom stereocenters. The number of hydrogen-bond donors (Lipinski definition) is 2. The molecule has 2 N–H and O–H groups in total. The van der Waals surface area contributed by atoms with Gasteiger partial charge < -0.3 is 14.7 Å². The lowest BCUT2D eigenvalue weighted by Crippen LogP contribution is -2.31. The molecule has 2 aliphatic heterocycles. The predicted molar refractivity (Wildman–Crippen MR) is 83.1 cm³/mol. The molecule has 0 unspecified atom stereocenters. The van der Waals surface area contributed by atoms with Crippen molar-refractivity contribution in [1.29, 1.82) is 0 Å². The minimum Gasteiger partial charge on any atom is -0.391 e. The molecule has 126 valence electrons. The Morgan fingerprint density at radius 3 is 3.17 bits per heavy atom. The second kappa shape index (κ2) is 6.29. The first-order valence-corrected chi connectivity index (χ1v) is 8.08. The van der Waals surface area contributed by atoms with Crippen molar-refractivity contribution in [3.8, 4) is 0 Å². The zero-order valence-corrected chi connectivity index (χ0v) is 13.2. The first-order valence-electron chi connectivity index (χ1n) is 8.08. The highest BCUT2D eigenvalue weighted by Crippen LogP contribution is 2.25. The molecular weight excluding hydrogens is 310 g/mol. The molecule has 0 spiro atoms. The van der Waals surface area contributed by atoms with Crippen molar-refractivity contribution in [1.82, 2.24) is 25.1 Å². The van der Waals surface area contributed by atoms with Crippen molar-refractivity contribution in [2.45, 2.75) is 25.6 Å². The molecule has 8 heteroatoms. The first kappa shape index (κ1) is 15.2. The Morgan fingerprint density at radius 2 is 2.33 bits per heavy atom. The number of H-pyrrole nitrogens is 1. The van der Waals surface area contributed by atoms with Crippen molar-refractivity contribution < 1.29 is 14.6 Å². The zero-order valence-electron chi connectivity index (χ0n) is 13.2. The minimum absolute atomic E-state index is 0.0448. The third kappa shape index (κ3) is 2.78. The van der Waals surface area contributed by atoms with Gasteiger partial charge in [-0.3, -0.25) is 19.9 Å². The molecule has 8 nitrogen and oxygen atoms in total. The number of β-amino-alcohol motifs (C(OH)–C–C–N with tert-alkyl or cyclic N) is 1. The highest BCUT2D eigenvalue weighted by Gasteiger charge is 2.36. The molecule has 4 rings (SSSR count). The number of ether oxygens (including phenoxy) is 1. The van der Waals surface area contributed by atoms with Gasteiger partial charge in [0.1, 0.15) is 0 Å². The summed E-state index contributed by atoms with van der Waals surface area (Å²) in [6.07, 6.45) is 5.72. The number of rotatable bonds is 3. The summed E-state index contributed by atoms with van der Waals surface area (Å²) in [5.41, 5.74) is 3.05. The van der Waals surface area contributed by atoms with Gasteiger partial charge in [-0.2, -0.15) is 5.10 Å². The van der Waals surface area contributed by atoms with Crippen LogP contribution in [0, 0.1) is 5.92 Å². The zero-order chi connectivity index (χ0) is 16.5. The number of carbonyl (C=O) groups is 1. The van der Waals surface area contributed by atoms with E-state index in [0.29, 0.717) is 38.4 Å². The lowest BCUT2D eigenvalue weighted by Gasteiger charge is -2.17. The van der Waals surface area contributed by atoms with E-state index in [1.807, 2.05) is 0 Å². The molecular formula is C16H19N5O3. The normalized spacial score (nSPS) is 23.3. The van der Waals surface area contributed by atoms with Gasteiger partial charge in [0.15, 0.2) is 5.69 Å². The van der Waals surface area contributed by atoms with Crippen molar-refractivity contribution >= 4 is 5.91 Å². The molecule has 0 aromatic carbocycles. The fraction of sp³-hybridized carbons (Fsp3) is 0.500. The molecule has 1 amide bonds. The van der Waals surface area contributed by atoms with Gasteiger partial charge >= 0.3 is 0 Å². The number of hydrogen-bond acceptors (Lipinski definition) is 6. The minimum atomic E-state index is -0.568. The molecule has 0 radical (unpaired) electrons. The molecule has 0 saturated carbocycles. The second-order valence-corrected chi connectivity index (χ2v) is 6.27. The van der Waals surface area contributed by atoms with Crippen molar-refractivity contribution in [2.75, 3.05) is 19.7 Å². The van der Waals surface area contributed by atoms with Gasteiger partial charge in [-0.15, -0.1) is 0 Å². The third-order valence-corrected chi connectivity index (χ3v) is 4.68. The maximum Gasteiger partial charge on any atom is 0.274 e. The van der Waals surface area contributed by atoms with E-state index in [9.17, 15) is 9.90 Å². The van der Waals surface area contributed by atoms with Crippen LogP contribution in [0.15, 0.2) is 18.6 Å². The summed E-state index contributed by atoms with van der Waals surface area (Å²) in [4.78, 5) is 22.7. The summed E-state index contributed by atoms with van der Waals surface area (Å²) < 4.78 is 5.43. The van der Waals surface area contributed by atoms with Crippen LogP contribution >= 0.6 is 0 Å². The highest BCUT2D eigenvalue weighted by atomic mass is 16.5. The summed E-state index contributed by atoms with van der Waals surface area (Å²) in [5.74, 6) is -0.199. The fourth-order valence-electron chi connectivity index (χ4n) is 3.36. The van der Waals surface area contributed by atoms with Gasteiger partial charge in [0.2, 0.25) is 0 Å². The predicted octanol–water partition coefficient (Wildman–Crippen LogP) is -0.0520. The number of aromatic amines is 1. The summed E-state index contributed by atoms with van der Waals surface area (Å²) in [7, 11) is 0. The highest BCUT2D eigenvalue weighted by molar-refractivity contribution is 5.94. The summed E-state index contributed by atoms with van der Waals surface area (Å²) in [6, 6.07) is 0. The van der Waals surface area contributed by atoms with Crippen LogP contribution in [-0.2, 0) is 24.2 Å². The van der Waals surface area contributed by atoms with Crippen LogP contribution in [0.4, 0.5) is 0 Å². The Hall–Kier alpha value is -2.32. The molecule has 0 bridgehead atoms. The maximum atomic E-state index is 12.8. The van der Waals surface area contributed by atoms with Crippen LogP contribution < -0.4 is 0 Å². The van der Waals surface area contributed by atoms with E-state index in [-0.39, 0.29) is 11.8 Å². The standard InChI is InChI=1S/C16H19N5O3/c22-14-8-21(7-10(14)5-11-6-17-2-3-18-11)16(23)15-12-9-24-4-1-13(12)19-20-15/h2-3,6,10,14,22H,1,4-5,7-9H2,(H,19,20)/t10-,14-/m1/s1. The molecule has 4 heterocycles. The largest absolute Gasteiger partial charge is 0.391 e. The van der Waals surface area contributed by atoms with Crippen LogP contribution in [-0.4, -0.2) is 61.9 Å². The number of carbonyl (C=O) groups excluding carboxylic acids is 1. The number of nitrogens with zero attached hydrogens (tertiary/aromatic N) is 4. The quantitative estimate of drug-likeness (QED) is 0.818. The molecule has 24 heavy (non-hydrogen) atoms. The third-order valence-electron chi connectivity index (χ3n) is 4.68. The number of amides is 1. The average Bonchev–Trinajstić information content (AvgIpc) is 3.19. The number of aromatic nitrogens is 4. The molecule has 1 saturated heterocycles. The van der Waals surface area contributed by atoms with E-state index in [1.165, 1.54) is 0 Å². The number of aliphatic hydroxyl groups excluding tert-OH is 1. The molecule has 0 aliphatic carbocycles. The van der Waals surface area contributed by atoms with Crippen molar-refractivity contribution in [3.05, 3.63) is 41.2 Å². The van der Waals surface area contributed by atoms with E-state index >= 15 is 0 Å². The van der Waals surface area contributed by atoms with Crippen molar-refractivity contribution in [3.63, 3.8) is 0 Å². The fourth-order valence-corrected chi connectivity index (χ4v) is 3.36. The molecule has 2 aromatic heterocycles. The van der Waals surface area contributed by atoms with Gasteiger partial charge in [0, 0.05) is 55.3 Å². The lowest BCUT2D eigenvalue weighted by atomic mass is 10.0. The van der Waals surface area contributed by atoms with Crippen LogP contribution in [0.2, 0.25) is 0 Å². The van der Waals surface area contributed by atoms with E-state index in [4.69, 9.17) is 4.74 Å². The Bertz CT molecular complexity index is 733. The van der Waals surface area contributed by atoms with Crippen LogP contribution in [0.1, 0.15) is 27.4 Å². The van der Waals surface area contributed by atoms with E-state index in [1.54, 1.807) is 23.5 Å². The topological polar surface area (TPSA) is 104 Å². The molecule has 2 aliphatic rings. The van der Waals surface area contributed by atoms with Gasteiger partial charge in [-0.05, 0) is 6.42 Å². The van der Waals surface area contributed by atoms with Crippen LogP contribution in [0.3, 0.4) is 0 Å². The van der Waals surface area contributed by atoms with Gasteiger partial charge in [-0.1, -0.05) is 0 Å². The van der Waals surface area contributed by atoms with E-state index < -0.39 is 6.10 Å². The smallest absolute Gasteiger partial charge is 0.274 e. The Balaban J connectivity index is 1.47. The van der Waals surface area contributed by atoms with Gasteiger partial charge in [0.05, 0.1) is 25.0 Å². The summed E-state index contributed by atoms with van der Waals surface area (Å²) >= 11 is 0. The monoisotopic (exact) mass is 329 g/mol. The number of aliphatic hydroxyl groups is 1. The Morgan fingerprint density at radius 1 is 1.42 bits per heavy atom. The van der Waals surface area contributed by atoms with Crippen LogP contribution in [0.25, 0.3) is 0 Å².